The molecule has 1 saturated carbocycles. The van der Waals surface area contributed by atoms with Crippen LogP contribution in [0, 0.1) is 17.8 Å². The van der Waals surface area contributed by atoms with Crippen LogP contribution in [0.2, 0.25) is 0 Å². The molecule has 0 aromatic heterocycles. The Bertz CT molecular complexity index is 252. The zero-order valence-electron chi connectivity index (χ0n) is 10.2. The Labute approximate surface area is 97.2 Å². The Kier molecular flexibility index (Phi) is 4.97. The fourth-order valence-electron chi connectivity index (χ4n) is 2.65. The molecule has 1 unspecified atom stereocenters. The lowest BCUT2D eigenvalue weighted by molar-refractivity contribution is -0.142. The number of rotatable bonds is 5. The van der Waals surface area contributed by atoms with Crippen LogP contribution in [0.5, 0.6) is 0 Å². The molecule has 0 aromatic rings. The zero-order chi connectivity index (χ0) is 12.1. The molecule has 92 valence electrons. The third-order valence-electron chi connectivity index (χ3n) is 3.55. The van der Waals surface area contributed by atoms with Gasteiger partial charge in [0, 0.05) is 11.8 Å². The Balaban J connectivity index is 2.68. The molecule has 1 rings (SSSR count). The Morgan fingerprint density at radius 2 is 1.75 bits per heavy atom. The van der Waals surface area contributed by atoms with Crippen LogP contribution in [-0.4, -0.2) is 16.9 Å². The van der Waals surface area contributed by atoms with Gasteiger partial charge in [0.25, 0.3) is 0 Å². The molecule has 0 aromatic carbocycles. The van der Waals surface area contributed by atoms with Gasteiger partial charge in [-0.05, 0) is 18.8 Å². The van der Waals surface area contributed by atoms with Gasteiger partial charge in [0.05, 0.1) is 6.42 Å². The lowest BCUT2D eigenvalue weighted by atomic mass is 9.74. The van der Waals surface area contributed by atoms with E-state index in [0.717, 1.165) is 25.7 Å². The fourth-order valence-corrected chi connectivity index (χ4v) is 2.65. The lowest BCUT2D eigenvalue weighted by Crippen LogP contribution is -2.30. The molecule has 0 heterocycles. The molecule has 0 bridgehead atoms. The van der Waals surface area contributed by atoms with Crippen molar-refractivity contribution in [3.8, 4) is 0 Å². The van der Waals surface area contributed by atoms with E-state index in [4.69, 9.17) is 5.11 Å². The molecule has 3 nitrogen and oxygen atoms in total. The number of hydrogen-bond acceptors (Lipinski definition) is 2. The third kappa shape index (κ3) is 3.62. The number of ketones is 1. The van der Waals surface area contributed by atoms with Crippen molar-refractivity contribution < 1.29 is 14.7 Å². The molecule has 0 spiro atoms. The van der Waals surface area contributed by atoms with Crippen LogP contribution in [0.4, 0.5) is 0 Å². The van der Waals surface area contributed by atoms with E-state index in [1.165, 1.54) is 6.42 Å². The van der Waals surface area contributed by atoms with E-state index in [1.807, 2.05) is 13.8 Å². The minimum atomic E-state index is -0.843. The minimum Gasteiger partial charge on any atom is -0.481 e. The van der Waals surface area contributed by atoms with Gasteiger partial charge in [-0.1, -0.05) is 33.1 Å². The number of carboxylic acid groups (broad SMARTS) is 1. The van der Waals surface area contributed by atoms with Crippen LogP contribution < -0.4 is 0 Å². The number of aliphatic carboxylic acids is 1. The molecular weight excluding hydrogens is 204 g/mol. The summed E-state index contributed by atoms with van der Waals surface area (Å²) >= 11 is 0. The highest BCUT2D eigenvalue weighted by Gasteiger charge is 2.32. The van der Waals surface area contributed by atoms with E-state index < -0.39 is 5.97 Å². The Morgan fingerprint density at radius 1 is 1.19 bits per heavy atom. The van der Waals surface area contributed by atoms with Crippen molar-refractivity contribution in [3.05, 3.63) is 0 Å². The standard InChI is InChI=1S/C13H22O3/c1-9(2)13(16)11(8-12(14)15)10-6-4-3-5-7-10/h9-11H,3-8H2,1-2H3,(H,14,15). The van der Waals surface area contributed by atoms with Crippen molar-refractivity contribution in [1.82, 2.24) is 0 Å². The summed E-state index contributed by atoms with van der Waals surface area (Å²) in [5, 5.41) is 8.89. The normalized spacial score (nSPS) is 19.7. The van der Waals surface area contributed by atoms with E-state index in [-0.39, 0.29) is 24.0 Å². The van der Waals surface area contributed by atoms with Crippen LogP contribution in [0.1, 0.15) is 52.4 Å². The van der Waals surface area contributed by atoms with Gasteiger partial charge < -0.3 is 5.11 Å². The van der Waals surface area contributed by atoms with Crippen molar-refractivity contribution >= 4 is 11.8 Å². The van der Waals surface area contributed by atoms with E-state index in [0.29, 0.717) is 5.92 Å². The first kappa shape index (κ1) is 13.2. The SMILES string of the molecule is CC(C)C(=O)C(CC(=O)O)C1CCCCC1. The summed E-state index contributed by atoms with van der Waals surface area (Å²) in [4.78, 5) is 22.8. The highest BCUT2D eigenvalue weighted by molar-refractivity contribution is 5.86. The lowest BCUT2D eigenvalue weighted by Gasteiger charge is -2.29. The summed E-state index contributed by atoms with van der Waals surface area (Å²) in [6.45, 7) is 3.72. The van der Waals surface area contributed by atoms with Crippen molar-refractivity contribution in [2.45, 2.75) is 52.4 Å². The smallest absolute Gasteiger partial charge is 0.304 e. The highest BCUT2D eigenvalue weighted by Crippen LogP contribution is 2.33. The summed E-state index contributed by atoms with van der Waals surface area (Å²) in [5.41, 5.74) is 0. The maximum absolute atomic E-state index is 12.0. The predicted octanol–water partition coefficient (Wildman–Crippen LogP) is 2.88. The van der Waals surface area contributed by atoms with Crippen LogP contribution >= 0.6 is 0 Å². The molecule has 0 radical (unpaired) electrons. The summed E-state index contributed by atoms with van der Waals surface area (Å²) in [5.74, 6) is -0.706. The molecule has 16 heavy (non-hydrogen) atoms. The van der Waals surface area contributed by atoms with E-state index in [9.17, 15) is 9.59 Å². The van der Waals surface area contributed by atoms with E-state index >= 15 is 0 Å². The molecule has 0 saturated heterocycles. The topological polar surface area (TPSA) is 54.4 Å². The first-order valence-electron chi connectivity index (χ1n) is 6.28. The number of carboxylic acids is 1. The molecule has 1 N–H and O–H groups in total. The molecule has 0 aliphatic heterocycles. The maximum atomic E-state index is 12.0. The van der Waals surface area contributed by atoms with Crippen LogP contribution in [0.15, 0.2) is 0 Å². The molecule has 1 atom stereocenters. The van der Waals surface area contributed by atoms with Crippen molar-refractivity contribution in [3.63, 3.8) is 0 Å². The molecule has 3 heteroatoms. The van der Waals surface area contributed by atoms with Gasteiger partial charge in [0.1, 0.15) is 5.78 Å². The highest BCUT2D eigenvalue weighted by atomic mass is 16.4. The van der Waals surface area contributed by atoms with Gasteiger partial charge in [-0.3, -0.25) is 9.59 Å². The Hall–Kier alpha value is -0.860. The first-order valence-corrected chi connectivity index (χ1v) is 6.28. The summed E-state index contributed by atoms with van der Waals surface area (Å²) in [6, 6.07) is 0. The number of Topliss-reactive ketones (excluding diaryl/α,β-unsaturated/α-hetero) is 1. The number of hydrogen-bond donors (Lipinski definition) is 1. The van der Waals surface area contributed by atoms with Gasteiger partial charge in [-0.15, -0.1) is 0 Å². The number of carbonyl (C=O) groups excluding carboxylic acids is 1. The van der Waals surface area contributed by atoms with Gasteiger partial charge in [0.15, 0.2) is 0 Å². The van der Waals surface area contributed by atoms with Crippen molar-refractivity contribution in [1.29, 1.82) is 0 Å². The third-order valence-corrected chi connectivity index (χ3v) is 3.55. The quantitative estimate of drug-likeness (QED) is 0.784. The van der Waals surface area contributed by atoms with Crippen LogP contribution in [0.3, 0.4) is 0 Å². The van der Waals surface area contributed by atoms with E-state index in [1.54, 1.807) is 0 Å². The zero-order valence-corrected chi connectivity index (χ0v) is 10.2. The second-order valence-electron chi connectivity index (χ2n) is 5.16. The van der Waals surface area contributed by atoms with Gasteiger partial charge >= 0.3 is 5.97 Å². The van der Waals surface area contributed by atoms with Crippen molar-refractivity contribution in [2.75, 3.05) is 0 Å². The largest absolute Gasteiger partial charge is 0.481 e. The van der Waals surface area contributed by atoms with Crippen molar-refractivity contribution in [2.24, 2.45) is 17.8 Å². The summed E-state index contributed by atoms with van der Waals surface area (Å²) in [6.07, 6.45) is 5.58. The Morgan fingerprint density at radius 3 is 2.19 bits per heavy atom. The molecule has 1 aliphatic rings. The van der Waals surface area contributed by atoms with Crippen LogP contribution in [0.25, 0.3) is 0 Å². The van der Waals surface area contributed by atoms with Gasteiger partial charge in [0.2, 0.25) is 0 Å². The molecule has 1 fully saturated rings. The number of carbonyl (C=O) groups is 2. The predicted molar refractivity (Wildman–Crippen MR) is 62.2 cm³/mol. The van der Waals surface area contributed by atoms with E-state index in [2.05, 4.69) is 0 Å². The van der Waals surface area contributed by atoms with Gasteiger partial charge in [-0.2, -0.15) is 0 Å². The summed E-state index contributed by atoms with van der Waals surface area (Å²) < 4.78 is 0. The minimum absolute atomic E-state index is 0.0156. The average Bonchev–Trinajstić information content (AvgIpc) is 2.26. The first-order chi connectivity index (χ1) is 7.52. The molecule has 0 amide bonds. The van der Waals surface area contributed by atoms with Gasteiger partial charge in [-0.25, -0.2) is 0 Å². The second-order valence-corrected chi connectivity index (χ2v) is 5.16. The fraction of sp³-hybridized carbons (Fsp3) is 0.846. The monoisotopic (exact) mass is 226 g/mol. The molecular formula is C13H22O3. The van der Waals surface area contributed by atoms with Crippen LogP contribution in [-0.2, 0) is 9.59 Å². The average molecular weight is 226 g/mol. The maximum Gasteiger partial charge on any atom is 0.304 e. The summed E-state index contributed by atoms with van der Waals surface area (Å²) in [7, 11) is 0. The molecule has 1 aliphatic carbocycles. The second kappa shape index (κ2) is 6.02.